The van der Waals surface area contributed by atoms with E-state index < -0.39 is 6.10 Å². The molecule has 2 heterocycles. The summed E-state index contributed by atoms with van der Waals surface area (Å²) in [5.41, 5.74) is 3.54. The number of fused-ring (bicyclic) bond motifs is 1. The fourth-order valence-corrected chi connectivity index (χ4v) is 5.36. The highest BCUT2D eigenvalue weighted by Crippen LogP contribution is 2.34. The van der Waals surface area contributed by atoms with Crippen LogP contribution in [0.5, 0.6) is 5.75 Å². The molecule has 0 fully saturated rings. The van der Waals surface area contributed by atoms with Crippen LogP contribution in [0.4, 0.5) is 0 Å². The molecule has 0 aliphatic carbocycles. The third-order valence-corrected chi connectivity index (χ3v) is 7.29. The number of carbonyl (C=O) groups excluding carboxylic acids is 1. The topological polar surface area (TPSA) is 53.0 Å². The Balaban J connectivity index is 1.76. The van der Waals surface area contributed by atoms with Crippen molar-refractivity contribution >= 4 is 17.2 Å². The maximum Gasteiger partial charge on any atom is 0.237 e. The van der Waals surface area contributed by atoms with Crippen molar-refractivity contribution in [1.82, 2.24) is 9.80 Å². The van der Waals surface area contributed by atoms with Gasteiger partial charge < -0.3 is 14.7 Å². The lowest BCUT2D eigenvalue weighted by Crippen LogP contribution is -2.48. The fraction of sp³-hybridized carbons (Fsp3) is 0.577. The monoisotopic (exact) mass is 458 g/mol. The van der Waals surface area contributed by atoms with E-state index in [4.69, 9.17) is 4.74 Å². The second kappa shape index (κ2) is 11.3. The molecule has 2 aromatic rings. The fourth-order valence-electron chi connectivity index (χ4n) is 4.43. The van der Waals surface area contributed by atoms with Crippen LogP contribution in [-0.2, 0) is 11.2 Å². The molecule has 3 rings (SSSR count). The van der Waals surface area contributed by atoms with Crippen LogP contribution in [0, 0.1) is 19.8 Å². The van der Waals surface area contributed by atoms with Gasteiger partial charge in [0.1, 0.15) is 12.4 Å². The molecule has 1 amide bonds. The molecule has 0 spiro atoms. The zero-order valence-corrected chi connectivity index (χ0v) is 21.0. The van der Waals surface area contributed by atoms with Crippen molar-refractivity contribution in [1.29, 1.82) is 0 Å². The first kappa shape index (κ1) is 24.7. The Labute approximate surface area is 197 Å². The summed E-state index contributed by atoms with van der Waals surface area (Å²) in [6.45, 7) is 13.1. The van der Waals surface area contributed by atoms with Crippen LogP contribution in [0.2, 0.25) is 0 Å². The standard InChI is InChI=1S/C26H38N2O3S/c1-6-18(2)14-27(15-21(5)29)16-26(30)28-11-9-25-22(10-12-32-25)23(28)17-31-24-8-7-19(3)13-20(24)4/h7-8,10,12-13,18,21,23,29H,6,9,11,14-17H2,1-5H3/t18-,21-,23+/m0/s1. The molecule has 1 aliphatic rings. The van der Waals surface area contributed by atoms with Crippen molar-refractivity contribution in [2.45, 2.75) is 59.6 Å². The number of benzene rings is 1. The van der Waals surface area contributed by atoms with Crippen molar-refractivity contribution in [3.63, 3.8) is 0 Å². The summed E-state index contributed by atoms with van der Waals surface area (Å²) >= 11 is 1.77. The Morgan fingerprint density at radius 3 is 2.75 bits per heavy atom. The molecule has 32 heavy (non-hydrogen) atoms. The van der Waals surface area contributed by atoms with Crippen LogP contribution in [0.15, 0.2) is 29.6 Å². The van der Waals surface area contributed by atoms with E-state index in [2.05, 4.69) is 56.2 Å². The second-order valence-electron chi connectivity index (χ2n) is 9.29. The Bertz CT molecular complexity index is 895. The van der Waals surface area contributed by atoms with Gasteiger partial charge in [0.05, 0.1) is 18.7 Å². The molecule has 1 aliphatic heterocycles. The van der Waals surface area contributed by atoms with Crippen molar-refractivity contribution in [2.75, 3.05) is 32.8 Å². The molecule has 1 aromatic heterocycles. The van der Waals surface area contributed by atoms with E-state index in [1.807, 2.05) is 11.0 Å². The summed E-state index contributed by atoms with van der Waals surface area (Å²) < 4.78 is 6.25. The van der Waals surface area contributed by atoms with Gasteiger partial charge in [0, 0.05) is 24.5 Å². The predicted octanol–water partition coefficient (Wildman–Crippen LogP) is 4.60. The zero-order chi connectivity index (χ0) is 23.3. The number of ether oxygens (including phenoxy) is 1. The summed E-state index contributed by atoms with van der Waals surface area (Å²) in [5.74, 6) is 1.47. The summed E-state index contributed by atoms with van der Waals surface area (Å²) in [5, 5.41) is 12.1. The summed E-state index contributed by atoms with van der Waals surface area (Å²) in [6.07, 6.45) is 1.49. The Morgan fingerprint density at radius 2 is 2.06 bits per heavy atom. The van der Waals surface area contributed by atoms with Gasteiger partial charge in [0.2, 0.25) is 5.91 Å². The summed E-state index contributed by atoms with van der Waals surface area (Å²) in [6, 6.07) is 8.26. The molecule has 0 bridgehead atoms. The minimum Gasteiger partial charge on any atom is -0.491 e. The number of amides is 1. The van der Waals surface area contributed by atoms with Crippen molar-refractivity contribution in [2.24, 2.45) is 5.92 Å². The van der Waals surface area contributed by atoms with Crippen LogP contribution >= 0.6 is 11.3 Å². The van der Waals surface area contributed by atoms with Crippen molar-refractivity contribution in [3.8, 4) is 5.75 Å². The first-order valence-electron chi connectivity index (χ1n) is 11.7. The molecule has 5 nitrogen and oxygen atoms in total. The minimum absolute atomic E-state index is 0.0878. The third kappa shape index (κ3) is 6.33. The van der Waals surface area contributed by atoms with Crippen LogP contribution in [0.3, 0.4) is 0 Å². The number of aryl methyl sites for hydroxylation is 2. The van der Waals surface area contributed by atoms with E-state index in [9.17, 15) is 9.90 Å². The SMILES string of the molecule is CC[C@H](C)CN(CC(=O)N1CCc2sccc2[C@H]1COc1ccc(C)cc1C)C[C@H](C)O. The number of rotatable bonds is 10. The zero-order valence-electron chi connectivity index (χ0n) is 20.1. The molecule has 0 saturated carbocycles. The number of hydrogen-bond acceptors (Lipinski definition) is 5. The van der Waals surface area contributed by atoms with Gasteiger partial charge in [0.15, 0.2) is 0 Å². The Morgan fingerprint density at radius 1 is 1.28 bits per heavy atom. The van der Waals surface area contributed by atoms with Gasteiger partial charge in [-0.3, -0.25) is 9.69 Å². The summed E-state index contributed by atoms with van der Waals surface area (Å²) in [4.78, 5) is 18.9. The van der Waals surface area contributed by atoms with E-state index in [1.54, 1.807) is 18.3 Å². The van der Waals surface area contributed by atoms with Crippen LogP contribution in [-0.4, -0.2) is 59.7 Å². The highest BCUT2D eigenvalue weighted by Gasteiger charge is 2.33. The second-order valence-corrected chi connectivity index (χ2v) is 10.3. The van der Waals surface area contributed by atoms with E-state index >= 15 is 0 Å². The number of aliphatic hydroxyl groups is 1. The van der Waals surface area contributed by atoms with Crippen molar-refractivity contribution < 1.29 is 14.6 Å². The lowest BCUT2D eigenvalue weighted by atomic mass is 10.00. The molecular formula is C26H38N2O3S. The van der Waals surface area contributed by atoms with E-state index in [1.165, 1.54) is 16.0 Å². The largest absolute Gasteiger partial charge is 0.491 e. The van der Waals surface area contributed by atoms with Gasteiger partial charge in [-0.1, -0.05) is 38.0 Å². The van der Waals surface area contributed by atoms with Gasteiger partial charge in [-0.25, -0.2) is 0 Å². The van der Waals surface area contributed by atoms with Gasteiger partial charge in [-0.2, -0.15) is 0 Å². The maximum atomic E-state index is 13.5. The van der Waals surface area contributed by atoms with Gasteiger partial charge in [0.25, 0.3) is 0 Å². The number of carbonyl (C=O) groups is 1. The number of aliphatic hydroxyl groups excluding tert-OH is 1. The normalized spacial score (nSPS) is 17.8. The molecule has 1 aromatic carbocycles. The van der Waals surface area contributed by atoms with Gasteiger partial charge in [-0.05, 0) is 61.7 Å². The maximum absolute atomic E-state index is 13.5. The molecule has 0 saturated heterocycles. The molecule has 1 N–H and O–H groups in total. The Hall–Kier alpha value is -1.89. The average Bonchev–Trinajstić information content (AvgIpc) is 3.21. The number of hydrogen-bond donors (Lipinski definition) is 1. The smallest absolute Gasteiger partial charge is 0.237 e. The third-order valence-electron chi connectivity index (χ3n) is 6.29. The van der Waals surface area contributed by atoms with Crippen molar-refractivity contribution in [3.05, 3.63) is 51.2 Å². The van der Waals surface area contributed by atoms with E-state index in [0.29, 0.717) is 32.2 Å². The first-order valence-corrected chi connectivity index (χ1v) is 12.6. The predicted molar refractivity (Wildman–Crippen MR) is 131 cm³/mol. The highest BCUT2D eigenvalue weighted by atomic mass is 32.1. The molecule has 0 radical (unpaired) electrons. The minimum atomic E-state index is -0.458. The van der Waals surface area contributed by atoms with Gasteiger partial charge in [-0.15, -0.1) is 11.3 Å². The van der Waals surface area contributed by atoms with Gasteiger partial charge >= 0.3 is 0 Å². The summed E-state index contributed by atoms with van der Waals surface area (Å²) in [7, 11) is 0. The Kier molecular flexibility index (Phi) is 8.74. The molecular weight excluding hydrogens is 420 g/mol. The number of thiophene rings is 1. The molecule has 176 valence electrons. The van der Waals surface area contributed by atoms with Crippen LogP contribution < -0.4 is 4.74 Å². The average molecular weight is 459 g/mol. The van der Waals surface area contributed by atoms with E-state index in [0.717, 1.165) is 30.7 Å². The highest BCUT2D eigenvalue weighted by molar-refractivity contribution is 7.10. The molecule has 0 unspecified atom stereocenters. The molecule has 3 atom stereocenters. The molecule has 6 heteroatoms. The lowest BCUT2D eigenvalue weighted by Gasteiger charge is -2.37. The number of nitrogens with zero attached hydrogens (tertiary/aromatic N) is 2. The van der Waals surface area contributed by atoms with Crippen LogP contribution in [0.25, 0.3) is 0 Å². The lowest BCUT2D eigenvalue weighted by molar-refractivity contribution is -0.136. The first-order chi connectivity index (χ1) is 15.3. The van der Waals surface area contributed by atoms with Crippen LogP contribution in [0.1, 0.15) is 54.8 Å². The quantitative estimate of drug-likeness (QED) is 0.565. The van der Waals surface area contributed by atoms with E-state index in [-0.39, 0.29) is 11.9 Å².